The van der Waals surface area contributed by atoms with E-state index in [1.165, 1.54) is 11.1 Å². The van der Waals surface area contributed by atoms with E-state index >= 15 is 0 Å². The molecule has 0 saturated carbocycles. The number of rotatable bonds is 4. The molecule has 1 N–H and O–H groups in total. The summed E-state index contributed by atoms with van der Waals surface area (Å²) < 4.78 is 0. The smallest absolute Gasteiger partial charge is 0.239 e. The van der Waals surface area contributed by atoms with E-state index in [0.29, 0.717) is 0 Å². The Kier molecular flexibility index (Phi) is 4.72. The summed E-state index contributed by atoms with van der Waals surface area (Å²) in [6.07, 6.45) is 2.23. The van der Waals surface area contributed by atoms with Crippen LogP contribution in [0.25, 0.3) is 0 Å². The van der Waals surface area contributed by atoms with E-state index in [0.717, 1.165) is 19.4 Å². The Morgan fingerprint density at radius 2 is 2.10 bits per heavy atom. The van der Waals surface area contributed by atoms with Crippen molar-refractivity contribution in [1.29, 1.82) is 0 Å². The summed E-state index contributed by atoms with van der Waals surface area (Å²) in [5, 5.41) is 3.54. The minimum Gasteiger partial charge on any atom is -0.345 e. The maximum Gasteiger partial charge on any atom is 0.239 e. The Morgan fingerprint density at radius 1 is 1.43 bits per heavy atom. The Morgan fingerprint density at radius 3 is 2.76 bits per heavy atom. The van der Waals surface area contributed by atoms with Crippen LogP contribution >= 0.6 is 0 Å². The van der Waals surface area contributed by atoms with E-state index in [9.17, 15) is 4.79 Å². The van der Waals surface area contributed by atoms with Gasteiger partial charge in [-0.1, -0.05) is 38.1 Å². The lowest BCUT2D eigenvalue weighted by atomic mass is 9.71. The number of carbonyl (C=O) groups excluding carboxylic acids is 1. The number of benzene rings is 1. The van der Waals surface area contributed by atoms with Crippen molar-refractivity contribution < 1.29 is 4.79 Å². The first-order chi connectivity index (χ1) is 9.86. The number of likely N-dealkylation sites (N-methyl/N-ethyl adjacent to an activating group) is 1. The van der Waals surface area contributed by atoms with Crippen LogP contribution < -0.4 is 5.32 Å². The molecule has 1 aromatic carbocycles. The molecule has 0 radical (unpaired) electrons. The van der Waals surface area contributed by atoms with Crippen molar-refractivity contribution in [1.82, 2.24) is 10.2 Å². The van der Waals surface area contributed by atoms with E-state index in [2.05, 4.69) is 43.4 Å². The average Bonchev–Trinajstić information content (AvgIpc) is 2.48. The highest BCUT2D eigenvalue weighted by Crippen LogP contribution is 2.41. The van der Waals surface area contributed by atoms with Crippen LogP contribution in [-0.2, 0) is 10.2 Å². The monoisotopic (exact) mass is 288 g/mol. The number of carbonyl (C=O) groups is 1. The molecular formula is C18H28N2O. The molecule has 2 unspecified atom stereocenters. The van der Waals surface area contributed by atoms with Crippen LogP contribution in [0.5, 0.6) is 0 Å². The van der Waals surface area contributed by atoms with Crippen molar-refractivity contribution in [2.24, 2.45) is 0 Å². The summed E-state index contributed by atoms with van der Waals surface area (Å²) >= 11 is 0. The molecule has 0 aliphatic heterocycles. The van der Waals surface area contributed by atoms with Crippen molar-refractivity contribution in [2.75, 3.05) is 13.6 Å². The number of hydrogen-bond acceptors (Lipinski definition) is 2. The van der Waals surface area contributed by atoms with Gasteiger partial charge in [0.2, 0.25) is 5.91 Å². The highest BCUT2D eigenvalue weighted by atomic mass is 16.2. The predicted octanol–water partition coefficient (Wildman–Crippen LogP) is 3.26. The quantitative estimate of drug-likeness (QED) is 0.922. The lowest BCUT2D eigenvalue weighted by Gasteiger charge is -2.38. The van der Waals surface area contributed by atoms with Crippen molar-refractivity contribution in [3.8, 4) is 0 Å². The molecule has 1 aromatic rings. The minimum atomic E-state index is -0.144. The summed E-state index contributed by atoms with van der Waals surface area (Å²) in [6, 6.07) is 8.78. The van der Waals surface area contributed by atoms with Crippen molar-refractivity contribution in [2.45, 2.75) is 58.0 Å². The van der Waals surface area contributed by atoms with Crippen LogP contribution in [0.15, 0.2) is 24.3 Å². The molecule has 3 heteroatoms. The molecule has 1 aliphatic carbocycles. The summed E-state index contributed by atoms with van der Waals surface area (Å²) in [7, 11) is 1.86. The fraction of sp³-hybridized carbons (Fsp3) is 0.611. The van der Waals surface area contributed by atoms with E-state index in [-0.39, 0.29) is 23.4 Å². The first-order valence-corrected chi connectivity index (χ1v) is 7.97. The second-order valence-electron chi connectivity index (χ2n) is 6.80. The van der Waals surface area contributed by atoms with Gasteiger partial charge in [0, 0.05) is 19.6 Å². The molecule has 3 nitrogen and oxygen atoms in total. The van der Waals surface area contributed by atoms with Gasteiger partial charge in [-0.15, -0.1) is 0 Å². The first kappa shape index (κ1) is 16.0. The Labute approximate surface area is 128 Å². The molecule has 0 spiro atoms. The van der Waals surface area contributed by atoms with Gasteiger partial charge in [0.05, 0.1) is 6.04 Å². The minimum absolute atomic E-state index is 0.144. The number of amides is 1. The fourth-order valence-corrected chi connectivity index (χ4v) is 3.25. The number of nitrogens with zero attached hydrogens (tertiary/aromatic N) is 1. The number of fused-ring (bicyclic) bond motifs is 1. The number of nitrogens with one attached hydrogen (secondary N) is 1. The largest absolute Gasteiger partial charge is 0.345 e. The third-order valence-electron chi connectivity index (χ3n) is 4.80. The second-order valence-corrected chi connectivity index (χ2v) is 6.80. The van der Waals surface area contributed by atoms with E-state index < -0.39 is 0 Å². The molecule has 2 rings (SSSR count). The van der Waals surface area contributed by atoms with E-state index in [1.54, 1.807) is 4.90 Å². The zero-order chi connectivity index (χ0) is 15.6. The van der Waals surface area contributed by atoms with Gasteiger partial charge in [0.15, 0.2) is 0 Å². The average molecular weight is 288 g/mol. The summed E-state index contributed by atoms with van der Waals surface area (Å²) in [5.74, 6) is 0.166. The van der Waals surface area contributed by atoms with Gasteiger partial charge in [-0.25, -0.2) is 0 Å². The number of hydrogen-bond donors (Lipinski definition) is 1. The van der Waals surface area contributed by atoms with Crippen LogP contribution in [0.2, 0.25) is 0 Å². The first-order valence-electron chi connectivity index (χ1n) is 7.97. The predicted molar refractivity (Wildman–Crippen MR) is 87.4 cm³/mol. The molecule has 0 heterocycles. The fourth-order valence-electron chi connectivity index (χ4n) is 3.25. The standard InChI is InChI=1S/C18H28N2O/c1-6-20(5)17(21)13(2)19-16-11-12-18(3,4)15-10-8-7-9-14(15)16/h7-10,13,16,19H,6,11-12H2,1-5H3. The molecule has 21 heavy (non-hydrogen) atoms. The van der Waals surface area contributed by atoms with Gasteiger partial charge >= 0.3 is 0 Å². The zero-order valence-electron chi connectivity index (χ0n) is 13.9. The topological polar surface area (TPSA) is 32.3 Å². The Balaban J connectivity index is 2.17. The van der Waals surface area contributed by atoms with Crippen LogP contribution in [-0.4, -0.2) is 30.4 Å². The molecule has 0 bridgehead atoms. The maximum absolute atomic E-state index is 12.3. The molecule has 2 atom stereocenters. The third kappa shape index (κ3) is 3.29. The summed E-state index contributed by atoms with van der Waals surface area (Å²) in [6.45, 7) is 9.34. The third-order valence-corrected chi connectivity index (χ3v) is 4.80. The maximum atomic E-state index is 12.3. The van der Waals surface area contributed by atoms with Crippen LogP contribution in [0.3, 0.4) is 0 Å². The second kappa shape index (κ2) is 6.18. The molecular weight excluding hydrogens is 260 g/mol. The molecule has 0 aromatic heterocycles. The van der Waals surface area contributed by atoms with Gasteiger partial charge in [-0.2, -0.15) is 0 Å². The highest BCUT2D eigenvalue weighted by Gasteiger charge is 2.33. The molecule has 0 fully saturated rings. The summed E-state index contributed by atoms with van der Waals surface area (Å²) in [5.41, 5.74) is 2.99. The van der Waals surface area contributed by atoms with Gasteiger partial charge in [-0.3, -0.25) is 10.1 Å². The Bertz CT molecular complexity index is 510. The molecule has 116 valence electrons. The lowest BCUT2D eigenvalue weighted by Crippen LogP contribution is -2.45. The zero-order valence-corrected chi connectivity index (χ0v) is 13.9. The molecule has 0 saturated heterocycles. The van der Waals surface area contributed by atoms with Crippen LogP contribution in [0.4, 0.5) is 0 Å². The van der Waals surface area contributed by atoms with Crippen LogP contribution in [0, 0.1) is 0 Å². The van der Waals surface area contributed by atoms with Gasteiger partial charge in [0.25, 0.3) is 0 Å². The van der Waals surface area contributed by atoms with Gasteiger partial charge in [-0.05, 0) is 43.2 Å². The van der Waals surface area contributed by atoms with Crippen LogP contribution in [0.1, 0.15) is 57.7 Å². The molecule has 1 aliphatic rings. The van der Waals surface area contributed by atoms with Gasteiger partial charge in [0.1, 0.15) is 0 Å². The summed E-state index contributed by atoms with van der Waals surface area (Å²) in [4.78, 5) is 14.0. The lowest BCUT2D eigenvalue weighted by molar-refractivity contribution is -0.131. The normalized spacial score (nSPS) is 21.5. The highest BCUT2D eigenvalue weighted by molar-refractivity contribution is 5.81. The SMILES string of the molecule is CCN(C)C(=O)C(C)NC1CCC(C)(C)c2ccccc21. The van der Waals surface area contributed by atoms with E-state index in [1.807, 2.05) is 20.9 Å². The van der Waals surface area contributed by atoms with Gasteiger partial charge < -0.3 is 4.90 Å². The van der Waals surface area contributed by atoms with Crippen molar-refractivity contribution >= 4 is 5.91 Å². The van der Waals surface area contributed by atoms with Crippen molar-refractivity contribution in [3.63, 3.8) is 0 Å². The Hall–Kier alpha value is -1.35. The van der Waals surface area contributed by atoms with E-state index in [4.69, 9.17) is 0 Å². The van der Waals surface area contributed by atoms with Crippen molar-refractivity contribution in [3.05, 3.63) is 35.4 Å². The molecule has 1 amide bonds.